The first-order valence-electron chi connectivity index (χ1n) is 7.75. The Morgan fingerprint density at radius 2 is 1.88 bits per heavy atom. The minimum atomic E-state index is -3.44. The molecule has 0 fully saturated rings. The van der Waals surface area contributed by atoms with E-state index in [0.717, 1.165) is 5.56 Å². The third kappa shape index (κ3) is 4.62. The van der Waals surface area contributed by atoms with Gasteiger partial charge in [0, 0.05) is 31.1 Å². The number of nitrogens with one attached hydrogen (secondary N) is 1. The fourth-order valence-electron chi connectivity index (χ4n) is 2.27. The summed E-state index contributed by atoms with van der Waals surface area (Å²) in [5.41, 5.74) is 0.919. The van der Waals surface area contributed by atoms with Gasteiger partial charge in [-0.1, -0.05) is 26.0 Å². The molecule has 6 nitrogen and oxygen atoms in total. The molecule has 0 bridgehead atoms. The van der Waals surface area contributed by atoms with Crippen LogP contribution in [0.4, 0.5) is 5.13 Å². The maximum atomic E-state index is 12.4. The van der Waals surface area contributed by atoms with E-state index in [2.05, 4.69) is 10.3 Å². The molecular formula is C16H21N3O3S2. The van der Waals surface area contributed by atoms with Gasteiger partial charge in [0.2, 0.25) is 15.9 Å². The highest BCUT2D eigenvalue weighted by Crippen LogP contribution is 2.17. The highest BCUT2D eigenvalue weighted by molar-refractivity contribution is 7.89. The number of aromatic nitrogens is 1. The molecule has 0 aliphatic carbocycles. The van der Waals surface area contributed by atoms with E-state index >= 15 is 0 Å². The van der Waals surface area contributed by atoms with Crippen LogP contribution in [0.5, 0.6) is 0 Å². The number of nitrogens with zero attached hydrogens (tertiary/aromatic N) is 2. The third-order valence-electron chi connectivity index (χ3n) is 3.59. The molecule has 2 rings (SSSR count). The highest BCUT2D eigenvalue weighted by Gasteiger charge is 2.21. The van der Waals surface area contributed by atoms with Crippen LogP contribution in [-0.2, 0) is 21.2 Å². The average Bonchev–Trinajstić information content (AvgIpc) is 3.07. The van der Waals surface area contributed by atoms with E-state index in [1.165, 1.54) is 15.6 Å². The van der Waals surface area contributed by atoms with E-state index in [1.807, 2.05) is 13.8 Å². The minimum Gasteiger partial charge on any atom is -0.302 e. The summed E-state index contributed by atoms with van der Waals surface area (Å²) >= 11 is 1.37. The second-order valence-corrected chi connectivity index (χ2v) is 7.95. The molecule has 0 aliphatic heterocycles. The smallest absolute Gasteiger partial charge is 0.243 e. The van der Waals surface area contributed by atoms with Crippen molar-refractivity contribution in [2.75, 3.05) is 18.4 Å². The number of aryl methyl sites for hydroxylation is 1. The summed E-state index contributed by atoms with van der Waals surface area (Å²) in [4.78, 5) is 16.1. The molecule has 2 aromatic rings. The molecule has 8 heteroatoms. The third-order valence-corrected chi connectivity index (χ3v) is 6.34. The summed E-state index contributed by atoms with van der Waals surface area (Å²) in [5, 5.41) is 5.10. The first-order valence-corrected chi connectivity index (χ1v) is 10.1. The highest BCUT2D eigenvalue weighted by atomic mass is 32.2. The summed E-state index contributed by atoms with van der Waals surface area (Å²) in [6.45, 7) is 4.52. The minimum absolute atomic E-state index is 0.107. The molecule has 0 saturated carbocycles. The number of rotatable bonds is 8. The van der Waals surface area contributed by atoms with Crippen LogP contribution in [-0.4, -0.2) is 36.7 Å². The second kappa shape index (κ2) is 8.36. The van der Waals surface area contributed by atoms with Gasteiger partial charge >= 0.3 is 0 Å². The average molecular weight is 367 g/mol. The molecule has 1 aromatic carbocycles. The summed E-state index contributed by atoms with van der Waals surface area (Å²) < 4.78 is 26.2. The molecule has 1 heterocycles. The van der Waals surface area contributed by atoms with Crippen LogP contribution < -0.4 is 5.32 Å². The molecule has 0 unspecified atom stereocenters. The molecule has 1 N–H and O–H groups in total. The standard InChI is InChI=1S/C16H21N3O3S2/c1-3-19(4-2)24(21,22)14-8-5-13(6-9-14)7-10-15(20)18-16-17-11-12-23-16/h5-6,8-9,11-12H,3-4,7,10H2,1-2H3,(H,17,18,20). The molecule has 1 aromatic heterocycles. The summed E-state index contributed by atoms with van der Waals surface area (Å²) in [6.07, 6.45) is 2.50. The van der Waals surface area contributed by atoms with Crippen LogP contribution in [0.1, 0.15) is 25.8 Å². The van der Waals surface area contributed by atoms with Gasteiger partial charge < -0.3 is 5.32 Å². The Bertz CT molecular complexity index is 752. The van der Waals surface area contributed by atoms with Gasteiger partial charge in [-0.3, -0.25) is 4.79 Å². The van der Waals surface area contributed by atoms with Crippen LogP contribution >= 0.6 is 11.3 Å². The predicted molar refractivity (Wildman–Crippen MR) is 95.6 cm³/mol. The zero-order valence-electron chi connectivity index (χ0n) is 13.7. The summed E-state index contributed by atoms with van der Waals surface area (Å²) in [6, 6.07) is 6.71. The first kappa shape index (κ1) is 18.6. The Labute approximate surface area is 146 Å². The predicted octanol–water partition coefficient (Wildman–Crippen LogP) is 2.74. The van der Waals surface area contributed by atoms with Crippen LogP contribution in [0.25, 0.3) is 0 Å². The van der Waals surface area contributed by atoms with E-state index in [9.17, 15) is 13.2 Å². The van der Waals surface area contributed by atoms with Crippen molar-refractivity contribution in [3.8, 4) is 0 Å². The summed E-state index contributed by atoms with van der Waals surface area (Å²) in [7, 11) is -3.44. The van der Waals surface area contributed by atoms with E-state index in [-0.39, 0.29) is 10.8 Å². The van der Waals surface area contributed by atoms with Gasteiger partial charge in [-0.25, -0.2) is 13.4 Å². The SMILES string of the molecule is CCN(CC)S(=O)(=O)c1ccc(CCC(=O)Nc2nccs2)cc1. The van der Waals surface area contributed by atoms with E-state index < -0.39 is 10.0 Å². The molecule has 0 spiro atoms. The fourth-order valence-corrected chi connectivity index (χ4v) is 4.27. The molecule has 130 valence electrons. The van der Waals surface area contributed by atoms with Gasteiger partial charge in [0.05, 0.1) is 4.90 Å². The van der Waals surface area contributed by atoms with Gasteiger partial charge in [0.25, 0.3) is 0 Å². The van der Waals surface area contributed by atoms with Crippen molar-refractivity contribution in [3.63, 3.8) is 0 Å². The first-order chi connectivity index (χ1) is 11.5. The summed E-state index contributed by atoms with van der Waals surface area (Å²) in [5.74, 6) is -0.107. The van der Waals surface area contributed by atoms with Gasteiger partial charge in [-0.05, 0) is 24.1 Å². The number of amides is 1. The topological polar surface area (TPSA) is 79.4 Å². The lowest BCUT2D eigenvalue weighted by Gasteiger charge is -2.18. The van der Waals surface area contributed by atoms with Gasteiger partial charge in [0.1, 0.15) is 0 Å². The van der Waals surface area contributed by atoms with Crippen molar-refractivity contribution < 1.29 is 13.2 Å². The van der Waals surface area contributed by atoms with Crippen LogP contribution in [0.3, 0.4) is 0 Å². The number of anilines is 1. The zero-order chi connectivity index (χ0) is 17.6. The lowest BCUT2D eigenvalue weighted by Crippen LogP contribution is -2.30. The Kier molecular flexibility index (Phi) is 6.47. The van der Waals surface area contributed by atoms with Crippen LogP contribution in [0.15, 0.2) is 40.7 Å². The number of sulfonamides is 1. The fraction of sp³-hybridized carbons (Fsp3) is 0.375. The molecule has 0 radical (unpaired) electrons. The molecule has 24 heavy (non-hydrogen) atoms. The number of benzene rings is 1. The maximum absolute atomic E-state index is 12.4. The van der Waals surface area contributed by atoms with Crippen molar-refractivity contribution in [3.05, 3.63) is 41.4 Å². The molecule has 1 amide bonds. The van der Waals surface area contributed by atoms with Crippen LogP contribution in [0.2, 0.25) is 0 Å². The molecule has 0 atom stereocenters. The van der Waals surface area contributed by atoms with Crippen molar-refractivity contribution in [2.45, 2.75) is 31.6 Å². The monoisotopic (exact) mass is 367 g/mol. The van der Waals surface area contributed by atoms with Gasteiger partial charge in [-0.15, -0.1) is 11.3 Å². The Morgan fingerprint density at radius 3 is 2.42 bits per heavy atom. The van der Waals surface area contributed by atoms with Crippen molar-refractivity contribution in [1.29, 1.82) is 0 Å². The Hall–Kier alpha value is -1.77. The quantitative estimate of drug-likeness (QED) is 0.778. The lowest BCUT2D eigenvalue weighted by atomic mass is 10.1. The number of thiazole rings is 1. The normalized spacial score (nSPS) is 11.6. The number of hydrogen-bond acceptors (Lipinski definition) is 5. The maximum Gasteiger partial charge on any atom is 0.243 e. The number of hydrogen-bond donors (Lipinski definition) is 1. The van der Waals surface area contributed by atoms with Crippen molar-refractivity contribution >= 4 is 32.4 Å². The van der Waals surface area contributed by atoms with Crippen molar-refractivity contribution in [1.82, 2.24) is 9.29 Å². The number of carbonyl (C=O) groups excluding carboxylic acids is 1. The molecule has 0 aliphatic rings. The van der Waals surface area contributed by atoms with E-state index in [0.29, 0.717) is 31.1 Å². The largest absolute Gasteiger partial charge is 0.302 e. The Balaban J connectivity index is 1.96. The van der Waals surface area contributed by atoms with Gasteiger partial charge in [-0.2, -0.15) is 4.31 Å². The lowest BCUT2D eigenvalue weighted by molar-refractivity contribution is -0.116. The van der Waals surface area contributed by atoms with E-state index in [1.54, 1.807) is 35.8 Å². The van der Waals surface area contributed by atoms with Crippen molar-refractivity contribution in [2.24, 2.45) is 0 Å². The van der Waals surface area contributed by atoms with Crippen LogP contribution in [0, 0.1) is 0 Å². The van der Waals surface area contributed by atoms with E-state index in [4.69, 9.17) is 0 Å². The molecule has 0 saturated heterocycles. The van der Waals surface area contributed by atoms with Gasteiger partial charge in [0.15, 0.2) is 5.13 Å². The second-order valence-electron chi connectivity index (χ2n) is 5.12. The Morgan fingerprint density at radius 1 is 1.21 bits per heavy atom. The number of carbonyl (C=O) groups is 1. The zero-order valence-corrected chi connectivity index (χ0v) is 15.4. The molecular weight excluding hydrogens is 346 g/mol.